The molecule has 2 rings (SSSR count). The molecule has 0 radical (unpaired) electrons. The lowest BCUT2D eigenvalue weighted by atomic mass is 9.71. The molecule has 1 aliphatic rings. The van der Waals surface area contributed by atoms with Crippen molar-refractivity contribution in [1.29, 1.82) is 0 Å². The molecule has 0 aliphatic heterocycles. The summed E-state index contributed by atoms with van der Waals surface area (Å²) in [5, 5.41) is 13.8. The van der Waals surface area contributed by atoms with Gasteiger partial charge in [0.1, 0.15) is 6.33 Å². The number of aliphatic hydroxyl groups is 1. The van der Waals surface area contributed by atoms with Crippen LogP contribution >= 0.6 is 0 Å². The average Bonchev–Trinajstić information content (AvgIpc) is 2.41. The molecule has 0 amide bonds. The van der Waals surface area contributed by atoms with Crippen LogP contribution in [-0.2, 0) is 0 Å². The molecular formula is C14H24N4O2. The Morgan fingerprint density at radius 2 is 1.95 bits per heavy atom. The highest BCUT2D eigenvalue weighted by Crippen LogP contribution is 2.40. The van der Waals surface area contributed by atoms with Crippen LogP contribution in [0.25, 0.3) is 0 Å². The largest absolute Gasteiger partial charge is 0.490 e. The minimum atomic E-state index is -0.694. The van der Waals surface area contributed by atoms with E-state index in [2.05, 4.69) is 29.1 Å². The number of aromatic nitrogens is 2. The first-order valence-electron chi connectivity index (χ1n) is 6.96. The Bertz CT molecular complexity index is 466. The van der Waals surface area contributed by atoms with Crippen molar-refractivity contribution in [2.45, 2.75) is 45.1 Å². The predicted octanol–water partition coefficient (Wildman–Crippen LogP) is 1.81. The van der Waals surface area contributed by atoms with Crippen molar-refractivity contribution in [3.05, 3.63) is 6.33 Å². The number of nitrogens with one attached hydrogen (secondary N) is 1. The summed E-state index contributed by atoms with van der Waals surface area (Å²) < 4.78 is 5.19. The summed E-state index contributed by atoms with van der Waals surface area (Å²) in [5.41, 5.74) is 5.36. The summed E-state index contributed by atoms with van der Waals surface area (Å²) >= 11 is 0. The van der Waals surface area contributed by atoms with Crippen molar-refractivity contribution >= 4 is 11.6 Å². The number of nitrogens with two attached hydrogens (primary N) is 1. The van der Waals surface area contributed by atoms with E-state index in [0.717, 1.165) is 25.7 Å². The first-order chi connectivity index (χ1) is 9.35. The van der Waals surface area contributed by atoms with E-state index in [9.17, 15) is 5.11 Å². The van der Waals surface area contributed by atoms with Gasteiger partial charge in [-0.15, -0.1) is 0 Å². The molecular weight excluding hydrogens is 256 g/mol. The van der Waals surface area contributed by atoms with Gasteiger partial charge >= 0.3 is 0 Å². The number of nitrogen functional groups attached to an aromatic ring is 1. The van der Waals surface area contributed by atoms with E-state index in [-0.39, 0.29) is 0 Å². The second-order valence-electron chi connectivity index (χ2n) is 6.38. The van der Waals surface area contributed by atoms with E-state index in [1.165, 1.54) is 13.4 Å². The second kappa shape index (κ2) is 5.44. The molecule has 0 aromatic carbocycles. The topological polar surface area (TPSA) is 93.3 Å². The molecule has 1 aromatic rings. The van der Waals surface area contributed by atoms with Gasteiger partial charge in [0, 0.05) is 6.54 Å². The van der Waals surface area contributed by atoms with Crippen molar-refractivity contribution in [3.8, 4) is 5.75 Å². The van der Waals surface area contributed by atoms with Gasteiger partial charge in [0.05, 0.1) is 12.7 Å². The summed E-state index contributed by atoms with van der Waals surface area (Å²) in [4.78, 5) is 8.00. The van der Waals surface area contributed by atoms with Gasteiger partial charge in [-0.1, -0.05) is 13.8 Å². The predicted molar refractivity (Wildman–Crippen MR) is 78.7 cm³/mol. The Morgan fingerprint density at radius 3 is 2.55 bits per heavy atom. The highest BCUT2D eigenvalue weighted by molar-refractivity contribution is 5.61. The summed E-state index contributed by atoms with van der Waals surface area (Å²) in [6.07, 6.45) is 5.00. The van der Waals surface area contributed by atoms with Crippen LogP contribution in [0.3, 0.4) is 0 Å². The van der Waals surface area contributed by atoms with Crippen LogP contribution in [0.4, 0.5) is 11.6 Å². The lowest BCUT2D eigenvalue weighted by molar-refractivity contribution is -0.0146. The van der Waals surface area contributed by atoms with Crippen LogP contribution in [-0.4, -0.2) is 34.3 Å². The van der Waals surface area contributed by atoms with Crippen LogP contribution in [0.15, 0.2) is 6.33 Å². The number of hydrogen-bond donors (Lipinski definition) is 3. The number of anilines is 2. The monoisotopic (exact) mass is 280 g/mol. The minimum Gasteiger partial charge on any atom is -0.490 e. The number of methoxy groups -OCH3 is 1. The molecule has 0 saturated heterocycles. The number of ether oxygens (including phenoxy) is 1. The quantitative estimate of drug-likeness (QED) is 0.779. The fourth-order valence-electron chi connectivity index (χ4n) is 2.53. The Balaban J connectivity index is 2.01. The van der Waals surface area contributed by atoms with Crippen LogP contribution in [0.2, 0.25) is 0 Å². The Hall–Kier alpha value is -1.56. The van der Waals surface area contributed by atoms with Gasteiger partial charge in [-0.2, -0.15) is 0 Å². The number of nitrogens with zero attached hydrogens (tertiary/aromatic N) is 2. The normalized spacial score (nSPS) is 20.4. The van der Waals surface area contributed by atoms with Gasteiger partial charge in [0.2, 0.25) is 5.75 Å². The minimum absolute atomic E-state index is 0.293. The lowest BCUT2D eigenvalue weighted by Crippen LogP contribution is -2.42. The van der Waals surface area contributed by atoms with Gasteiger partial charge in [-0.25, -0.2) is 9.97 Å². The molecule has 0 bridgehead atoms. The zero-order valence-electron chi connectivity index (χ0n) is 12.4. The Kier molecular flexibility index (Phi) is 4.04. The highest BCUT2D eigenvalue weighted by Gasteiger charge is 2.36. The van der Waals surface area contributed by atoms with E-state index in [4.69, 9.17) is 10.5 Å². The summed E-state index contributed by atoms with van der Waals surface area (Å²) in [6, 6.07) is 0. The number of hydrogen-bond acceptors (Lipinski definition) is 6. The maximum absolute atomic E-state index is 10.6. The van der Waals surface area contributed by atoms with Crippen molar-refractivity contribution in [2.75, 3.05) is 24.7 Å². The van der Waals surface area contributed by atoms with E-state index < -0.39 is 5.60 Å². The third-order valence-electron chi connectivity index (χ3n) is 4.15. The molecule has 1 aliphatic carbocycles. The molecule has 6 heteroatoms. The maximum Gasteiger partial charge on any atom is 0.203 e. The fourth-order valence-corrected chi connectivity index (χ4v) is 2.53. The fraction of sp³-hybridized carbons (Fsp3) is 0.714. The molecule has 20 heavy (non-hydrogen) atoms. The van der Waals surface area contributed by atoms with E-state index in [0.29, 0.717) is 29.3 Å². The molecule has 112 valence electrons. The van der Waals surface area contributed by atoms with Crippen molar-refractivity contribution in [2.24, 2.45) is 5.41 Å². The van der Waals surface area contributed by atoms with E-state index in [1.807, 2.05) is 0 Å². The Labute approximate surface area is 119 Å². The van der Waals surface area contributed by atoms with Crippen molar-refractivity contribution in [1.82, 2.24) is 9.97 Å². The maximum atomic E-state index is 10.6. The molecule has 1 fully saturated rings. The molecule has 6 nitrogen and oxygen atoms in total. The van der Waals surface area contributed by atoms with Crippen molar-refractivity contribution < 1.29 is 9.84 Å². The molecule has 0 atom stereocenters. The number of rotatable bonds is 4. The summed E-state index contributed by atoms with van der Waals surface area (Å²) in [7, 11) is 1.53. The van der Waals surface area contributed by atoms with Gasteiger partial charge in [-0.05, 0) is 31.1 Å². The zero-order valence-corrected chi connectivity index (χ0v) is 12.4. The molecule has 0 unspecified atom stereocenters. The Morgan fingerprint density at radius 1 is 1.30 bits per heavy atom. The van der Waals surface area contributed by atoms with Gasteiger partial charge in [-0.3, -0.25) is 0 Å². The molecule has 0 spiro atoms. The van der Waals surface area contributed by atoms with Crippen molar-refractivity contribution in [3.63, 3.8) is 0 Å². The van der Waals surface area contributed by atoms with Crippen LogP contribution < -0.4 is 15.8 Å². The summed E-state index contributed by atoms with van der Waals surface area (Å²) in [6.45, 7) is 4.93. The first-order valence-corrected chi connectivity index (χ1v) is 6.96. The standard InChI is InChI=1S/C14H24N4O2/c1-13(2)4-6-14(19,7-5-13)8-16-12-10(20-3)11(15)17-9-18-12/h9,19H,4-8H2,1-3H3,(H3,15,16,17,18). The molecule has 1 aromatic heterocycles. The van der Waals surface area contributed by atoms with Crippen LogP contribution in [0.5, 0.6) is 5.75 Å². The third kappa shape index (κ3) is 3.30. The zero-order chi connectivity index (χ0) is 14.8. The SMILES string of the molecule is COc1c(N)ncnc1NCC1(O)CCC(C)(C)CC1. The van der Waals surface area contributed by atoms with Gasteiger partial charge in [0.25, 0.3) is 0 Å². The lowest BCUT2D eigenvalue weighted by Gasteiger charge is -2.40. The van der Waals surface area contributed by atoms with Crippen LogP contribution in [0.1, 0.15) is 39.5 Å². The summed E-state index contributed by atoms with van der Waals surface area (Å²) in [5.74, 6) is 1.24. The van der Waals surface area contributed by atoms with E-state index >= 15 is 0 Å². The molecule has 1 heterocycles. The highest BCUT2D eigenvalue weighted by atomic mass is 16.5. The van der Waals surface area contributed by atoms with Gasteiger partial charge < -0.3 is 20.9 Å². The van der Waals surface area contributed by atoms with Crippen LogP contribution in [0, 0.1) is 5.41 Å². The smallest absolute Gasteiger partial charge is 0.203 e. The molecule has 1 saturated carbocycles. The van der Waals surface area contributed by atoms with E-state index in [1.54, 1.807) is 0 Å². The molecule has 4 N–H and O–H groups in total. The first kappa shape index (κ1) is 14.8. The second-order valence-corrected chi connectivity index (χ2v) is 6.38. The average molecular weight is 280 g/mol. The third-order valence-corrected chi connectivity index (χ3v) is 4.15. The van der Waals surface area contributed by atoms with Gasteiger partial charge in [0.15, 0.2) is 11.6 Å².